The summed E-state index contributed by atoms with van der Waals surface area (Å²) in [6.45, 7) is 2.48. The summed E-state index contributed by atoms with van der Waals surface area (Å²) < 4.78 is 21.1. The highest BCUT2D eigenvalue weighted by Crippen LogP contribution is 2.39. The third kappa shape index (κ3) is 3.81. The number of amides is 1. The van der Waals surface area contributed by atoms with Gasteiger partial charge in [0.15, 0.2) is 5.82 Å². The van der Waals surface area contributed by atoms with E-state index >= 15 is 0 Å². The van der Waals surface area contributed by atoms with E-state index in [9.17, 15) is 9.18 Å². The maximum atomic E-state index is 15.0. The fraction of sp³-hybridized carbons (Fsp3) is 0.333. The molecule has 1 aromatic carbocycles. The molecule has 1 aliphatic carbocycles. The first-order chi connectivity index (χ1) is 15.5. The van der Waals surface area contributed by atoms with Crippen LogP contribution in [0.5, 0.6) is 5.88 Å². The maximum absolute atomic E-state index is 15.0. The standard InChI is InChI=1S/C24H22ClFN4O2/c1-14-10-17(25)23(29-12-14)32-20-11-15-6-7-19(20)30(13-15)24(31)21-16(4-2-5-18(21)26)22-27-8-3-9-28-22/h2-5,8-10,12,15,19-20H,6-7,11,13H2,1H3. The van der Waals surface area contributed by atoms with Crippen molar-refractivity contribution in [3.05, 3.63) is 70.9 Å². The topological polar surface area (TPSA) is 68.2 Å². The predicted molar refractivity (Wildman–Crippen MR) is 118 cm³/mol. The predicted octanol–water partition coefficient (Wildman–Crippen LogP) is 4.71. The zero-order valence-corrected chi connectivity index (χ0v) is 18.3. The van der Waals surface area contributed by atoms with Crippen molar-refractivity contribution in [1.29, 1.82) is 0 Å². The van der Waals surface area contributed by atoms with E-state index in [1.165, 1.54) is 6.07 Å². The average molecular weight is 453 g/mol. The van der Waals surface area contributed by atoms with Crippen molar-refractivity contribution in [1.82, 2.24) is 19.9 Å². The minimum atomic E-state index is -0.581. The van der Waals surface area contributed by atoms with E-state index in [0.717, 1.165) is 24.8 Å². The Morgan fingerprint density at radius 1 is 1.19 bits per heavy atom. The monoisotopic (exact) mass is 452 g/mol. The van der Waals surface area contributed by atoms with Gasteiger partial charge in [0.2, 0.25) is 5.88 Å². The van der Waals surface area contributed by atoms with Gasteiger partial charge in [-0.25, -0.2) is 19.3 Å². The van der Waals surface area contributed by atoms with Crippen molar-refractivity contribution in [2.75, 3.05) is 6.54 Å². The maximum Gasteiger partial charge on any atom is 0.257 e. The van der Waals surface area contributed by atoms with Crippen molar-refractivity contribution in [2.24, 2.45) is 5.92 Å². The van der Waals surface area contributed by atoms with Crippen molar-refractivity contribution >= 4 is 17.5 Å². The van der Waals surface area contributed by atoms with Crippen LogP contribution in [0, 0.1) is 18.7 Å². The Balaban J connectivity index is 1.46. The summed E-state index contributed by atoms with van der Waals surface area (Å²) in [5.74, 6) is 0.0208. The van der Waals surface area contributed by atoms with Crippen LogP contribution in [0.15, 0.2) is 48.9 Å². The summed E-state index contributed by atoms with van der Waals surface area (Å²) >= 11 is 6.32. The first-order valence-corrected chi connectivity index (χ1v) is 11.0. The number of ether oxygens (including phenoxy) is 1. The van der Waals surface area contributed by atoms with Crippen LogP contribution in [0.1, 0.15) is 35.2 Å². The largest absolute Gasteiger partial charge is 0.471 e. The van der Waals surface area contributed by atoms with Crippen molar-refractivity contribution in [3.8, 4) is 17.3 Å². The van der Waals surface area contributed by atoms with Gasteiger partial charge in [0, 0.05) is 30.7 Å². The summed E-state index contributed by atoms with van der Waals surface area (Å²) in [7, 11) is 0. The highest BCUT2D eigenvalue weighted by atomic mass is 35.5. The van der Waals surface area contributed by atoms with E-state index in [2.05, 4.69) is 15.0 Å². The van der Waals surface area contributed by atoms with Crippen LogP contribution < -0.4 is 4.74 Å². The minimum Gasteiger partial charge on any atom is -0.471 e. The summed E-state index contributed by atoms with van der Waals surface area (Å²) in [6.07, 6.45) is 7.22. The van der Waals surface area contributed by atoms with Gasteiger partial charge in [0.1, 0.15) is 16.9 Å². The molecule has 0 spiro atoms. The molecule has 3 aromatic rings. The molecule has 2 bridgehead atoms. The number of carbonyl (C=O) groups excluding carboxylic acids is 1. The number of halogens is 2. The number of nitrogens with zero attached hydrogens (tertiary/aromatic N) is 4. The quantitative estimate of drug-likeness (QED) is 0.573. The molecular formula is C24H22ClFN4O2. The van der Waals surface area contributed by atoms with Gasteiger partial charge in [-0.2, -0.15) is 0 Å². The lowest BCUT2D eigenvalue weighted by atomic mass is 9.77. The van der Waals surface area contributed by atoms with Crippen LogP contribution in [0.2, 0.25) is 5.02 Å². The normalized spacial score (nSPS) is 22.1. The number of piperidine rings is 2. The SMILES string of the molecule is Cc1cnc(OC2CC3CCC2N(C(=O)c2c(F)cccc2-c2ncccn2)C3)c(Cl)c1. The lowest BCUT2D eigenvalue weighted by Gasteiger charge is -2.49. The molecule has 2 saturated heterocycles. The zero-order chi connectivity index (χ0) is 22.2. The molecule has 0 N–H and O–H groups in total. The fourth-order valence-corrected chi connectivity index (χ4v) is 5.02. The minimum absolute atomic E-state index is 0.00325. The molecule has 6 rings (SSSR count). The molecule has 2 aliphatic heterocycles. The highest BCUT2D eigenvalue weighted by Gasteiger charge is 2.45. The lowest BCUT2D eigenvalue weighted by Crippen LogP contribution is -2.59. The number of aryl methyl sites for hydroxylation is 1. The van der Waals surface area contributed by atoms with E-state index in [4.69, 9.17) is 16.3 Å². The van der Waals surface area contributed by atoms with Gasteiger partial charge in [-0.15, -0.1) is 0 Å². The van der Waals surface area contributed by atoms with Crippen LogP contribution in [0.4, 0.5) is 4.39 Å². The number of rotatable bonds is 4. The number of hydrogen-bond donors (Lipinski definition) is 0. The number of hydrogen-bond acceptors (Lipinski definition) is 5. The first-order valence-electron chi connectivity index (χ1n) is 10.7. The Bertz CT molecular complexity index is 1160. The number of pyridine rings is 1. The summed E-state index contributed by atoms with van der Waals surface area (Å²) in [4.78, 5) is 28.1. The molecule has 3 unspecified atom stereocenters. The fourth-order valence-electron chi connectivity index (χ4n) is 4.75. The van der Waals surface area contributed by atoms with E-state index in [1.54, 1.807) is 47.8 Å². The Labute approximate surface area is 190 Å². The molecule has 0 radical (unpaired) electrons. The van der Waals surface area contributed by atoms with E-state index < -0.39 is 5.82 Å². The Morgan fingerprint density at radius 3 is 2.75 bits per heavy atom. The Kier molecular flexibility index (Phi) is 5.51. The molecule has 164 valence electrons. The van der Waals surface area contributed by atoms with Crippen LogP contribution >= 0.6 is 11.6 Å². The molecule has 3 aliphatic rings. The van der Waals surface area contributed by atoms with Gasteiger partial charge in [0.25, 0.3) is 5.91 Å². The van der Waals surface area contributed by atoms with Gasteiger partial charge in [0.05, 0.1) is 11.6 Å². The molecule has 3 atom stereocenters. The highest BCUT2D eigenvalue weighted by molar-refractivity contribution is 6.31. The summed E-state index contributed by atoms with van der Waals surface area (Å²) in [5.41, 5.74) is 1.33. The van der Waals surface area contributed by atoms with Gasteiger partial charge < -0.3 is 9.64 Å². The number of carbonyl (C=O) groups is 1. The first kappa shape index (κ1) is 20.8. The second kappa shape index (κ2) is 8.47. The molecule has 8 heteroatoms. The number of fused-ring (bicyclic) bond motifs is 3. The molecule has 32 heavy (non-hydrogen) atoms. The second-order valence-electron chi connectivity index (χ2n) is 8.39. The lowest BCUT2D eigenvalue weighted by molar-refractivity contribution is -0.0314. The van der Waals surface area contributed by atoms with Crippen molar-refractivity contribution < 1.29 is 13.9 Å². The average Bonchev–Trinajstić information content (AvgIpc) is 2.81. The third-order valence-corrected chi connectivity index (χ3v) is 6.49. The van der Waals surface area contributed by atoms with Crippen LogP contribution in [0.3, 0.4) is 0 Å². The zero-order valence-electron chi connectivity index (χ0n) is 17.5. The molecule has 1 amide bonds. The van der Waals surface area contributed by atoms with Crippen LogP contribution in [0.25, 0.3) is 11.4 Å². The van der Waals surface area contributed by atoms with Gasteiger partial charge in [-0.05, 0) is 55.9 Å². The second-order valence-corrected chi connectivity index (χ2v) is 8.80. The third-order valence-electron chi connectivity index (χ3n) is 6.22. The number of aromatic nitrogens is 3. The Morgan fingerprint density at radius 2 is 2.00 bits per heavy atom. The molecule has 2 aromatic heterocycles. The smallest absolute Gasteiger partial charge is 0.257 e. The molecule has 6 nitrogen and oxygen atoms in total. The van der Waals surface area contributed by atoms with Crippen molar-refractivity contribution in [3.63, 3.8) is 0 Å². The van der Waals surface area contributed by atoms with Crippen LogP contribution in [-0.4, -0.2) is 44.4 Å². The van der Waals surface area contributed by atoms with Gasteiger partial charge in [-0.1, -0.05) is 23.7 Å². The molecule has 1 saturated carbocycles. The van der Waals surface area contributed by atoms with E-state index in [1.807, 2.05) is 6.92 Å². The molecule has 3 fully saturated rings. The van der Waals surface area contributed by atoms with Gasteiger partial charge >= 0.3 is 0 Å². The van der Waals surface area contributed by atoms with Gasteiger partial charge in [-0.3, -0.25) is 4.79 Å². The molecular weight excluding hydrogens is 431 g/mol. The summed E-state index contributed by atoms with van der Waals surface area (Å²) in [5, 5.41) is 0.446. The van der Waals surface area contributed by atoms with Crippen LogP contribution in [-0.2, 0) is 0 Å². The molecule has 4 heterocycles. The summed E-state index contributed by atoms with van der Waals surface area (Å²) in [6, 6.07) is 7.84. The van der Waals surface area contributed by atoms with E-state index in [-0.39, 0.29) is 29.5 Å². The van der Waals surface area contributed by atoms with E-state index in [0.29, 0.717) is 28.8 Å². The van der Waals surface area contributed by atoms with Crippen molar-refractivity contribution in [2.45, 2.75) is 38.3 Å². The number of benzene rings is 1. The Hall–Kier alpha value is -3.06.